The summed E-state index contributed by atoms with van der Waals surface area (Å²) in [6.45, 7) is 0. The lowest BCUT2D eigenvalue weighted by Crippen LogP contribution is -2.32. The smallest absolute Gasteiger partial charge is 0.132 e. The van der Waals surface area contributed by atoms with Crippen LogP contribution in [-0.4, -0.2) is 0 Å². The zero-order valence-corrected chi connectivity index (χ0v) is 37.4. The van der Waals surface area contributed by atoms with Gasteiger partial charge in [-0.15, -0.1) is 0 Å². The minimum absolute atomic E-state index is 0.625. The van der Waals surface area contributed by atoms with Gasteiger partial charge in [0.2, 0.25) is 0 Å². The first-order chi connectivity index (χ1) is 34.2. The largest absolute Gasteiger partial charge is 0.457 e. The third kappa shape index (κ3) is 5.01. The SMILES string of the molecule is c1ccc(-c2ccc(N(c3cccc4c3-c3ccccc3C43c4ccccc4Oc4ccccc43)c3cccc4c3-c3ccc5ccccc5c3C43c4ccccc4Oc4ccccc43)cc2)cc1. The highest BCUT2D eigenvalue weighted by molar-refractivity contribution is 6.07. The van der Waals surface area contributed by atoms with Crippen molar-refractivity contribution in [3.05, 3.63) is 293 Å². The van der Waals surface area contributed by atoms with Crippen molar-refractivity contribution in [3.63, 3.8) is 0 Å². The highest BCUT2D eigenvalue weighted by atomic mass is 16.5. The van der Waals surface area contributed by atoms with E-state index in [9.17, 15) is 0 Å². The van der Waals surface area contributed by atoms with Crippen LogP contribution in [0.2, 0.25) is 0 Å². The molecule has 11 aromatic carbocycles. The normalized spacial score (nSPS) is 14.3. The fourth-order valence-corrected chi connectivity index (χ4v) is 12.8. The highest BCUT2D eigenvalue weighted by Gasteiger charge is 2.54. The Morgan fingerprint density at radius 2 is 0.739 bits per heavy atom. The molecule has 2 spiro atoms. The molecule has 2 aliphatic heterocycles. The fourth-order valence-electron chi connectivity index (χ4n) is 12.8. The first kappa shape index (κ1) is 38.2. The molecular formula is C66H41NO2. The zero-order valence-electron chi connectivity index (χ0n) is 37.4. The second-order valence-corrected chi connectivity index (χ2v) is 18.6. The monoisotopic (exact) mass is 879 g/mol. The van der Waals surface area contributed by atoms with Crippen LogP contribution in [0.15, 0.2) is 249 Å². The van der Waals surface area contributed by atoms with E-state index in [2.05, 4.69) is 254 Å². The molecule has 15 rings (SSSR count). The lowest BCUT2D eigenvalue weighted by molar-refractivity contribution is 0.436. The Balaban J connectivity index is 1.07. The lowest BCUT2D eigenvalue weighted by Gasteiger charge is -2.40. The Kier molecular flexibility index (Phi) is 7.92. The minimum Gasteiger partial charge on any atom is -0.457 e. The Morgan fingerprint density at radius 3 is 1.35 bits per heavy atom. The van der Waals surface area contributed by atoms with Gasteiger partial charge in [-0.2, -0.15) is 0 Å². The van der Waals surface area contributed by atoms with Crippen LogP contribution < -0.4 is 14.4 Å². The van der Waals surface area contributed by atoms with Crippen molar-refractivity contribution in [1.29, 1.82) is 0 Å². The van der Waals surface area contributed by atoms with Crippen LogP contribution in [0.3, 0.4) is 0 Å². The van der Waals surface area contributed by atoms with Crippen molar-refractivity contribution < 1.29 is 9.47 Å². The molecule has 0 fully saturated rings. The molecule has 0 amide bonds. The van der Waals surface area contributed by atoms with Crippen molar-refractivity contribution in [2.75, 3.05) is 4.90 Å². The van der Waals surface area contributed by atoms with Crippen LogP contribution in [0.1, 0.15) is 44.5 Å². The molecule has 2 aliphatic carbocycles. The standard InChI is InChI=1S/C66H41NO2/c1-2-18-42(19-3-1)43-36-39-45(40-37-43)67(56-30-16-28-54-62(56)47-22-6-7-23-49(47)65(54)50-24-8-12-32-58(50)68-59-33-13-9-25-51(59)65)57-31-17-29-55-63(57)48-41-38-44-20-4-5-21-46(44)64(48)66(55)52-26-10-14-34-60(52)69-61-35-15-11-27-53(61)66/h1-41H. The number of para-hydroxylation sites is 4. The Hall–Kier alpha value is -8.92. The maximum atomic E-state index is 6.84. The van der Waals surface area contributed by atoms with E-state index < -0.39 is 10.8 Å². The van der Waals surface area contributed by atoms with E-state index in [1.165, 1.54) is 66.4 Å². The second-order valence-electron chi connectivity index (χ2n) is 18.6. The summed E-state index contributed by atoms with van der Waals surface area (Å²) in [6.07, 6.45) is 0. The predicted molar refractivity (Wildman–Crippen MR) is 279 cm³/mol. The van der Waals surface area contributed by atoms with E-state index in [1.54, 1.807) is 0 Å². The number of hydrogen-bond donors (Lipinski definition) is 0. The summed E-state index contributed by atoms with van der Waals surface area (Å²) in [7, 11) is 0. The Bertz CT molecular complexity index is 3830. The van der Waals surface area contributed by atoms with Crippen LogP contribution in [-0.2, 0) is 10.8 Å². The summed E-state index contributed by atoms with van der Waals surface area (Å²) in [4.78, 5) is 2.55. The van der Waals surface area contributed by atoms with Crippen molar-refractivity contribution >= 4 is 27.8 Å². The fraction of sp³-hybridized carbons (Fsp3) is 0.0303. The summed E-state index contributed by atoms with van der Waals surface area (Å²) in [5, 5.41) is 2.44. The number of benzene rings is 11. The third-order valence-electron chi connectivity index (χ3n) is 15.4. The molecule has 0 atom stereocenters. The molecular weight excluding hydrogens is 839 g/mol. The van der Waals surface area contributed by atoms with Gasteiger partial charge in [-0.25, -0.2) is 0 Å². The Labute approximate surface area is 400 Å². The Morgan fingerprint density at radius 1 is 0.290 bits per heavy atom. The van der Waals surface area contributed by atoms with Gasteiger partial charge in [-0.05, 0) is 104 Å². The van der Waals surface area contributed by atoms with Crippen LogP contribution >= 0.6 is 0 Å². The van der Waals surface area contributed by atoms with Crippen molar-refractivity contribution in [3.8, 4) is 56.4 Å². The maximum absolute atomic E-state index is 6.84. The minimum atomic E-state index is -0.680. The predicted octanol–water partition coefficient (Wildman–Crippen LogP) is 16.9. The summed E-state index contributed by atoms with van der Waals surface area (Å²) >= 11 is 0. The number of anilines is 3. The van der Waals surface area contributed by atoms with Gasteiger partial charge in [0, 0.05) is 39.1 Å². The summed E-state index contributed by atoms with van der Waals surface area (Å²) in [5.74, 6) is 3.51. The zero-order chi connectivity index (χ0) is 45.3. The first-order valence-corrected chi connectivity index (χ1v) is 23.8. The molecule has 2 heterocycles. The van der Waals surface area contributed by atoms with E-state index in [1.807, 2.05) is 0 Å². The summed E-state index contributed by atoms with van der Waals surface area (Å²) in [6, 6.07) is 91.0. The van der Waals surface area contributed by atoms with Crippen LogP contribution in [0.4, 0.5) is 17.1 Å². The molecule has 3 nitrogen and oxygen atoms in total. The van der Waals surface area contributed by atoms with E-state index in [0.717, 1.165) is 62.3 Å². The second kappa shape index (κ2) is 14.3. The van der Waals surface area contributed by atoms with Gasteiger partial charge in [0.15, 0.2) is 0 Å². The van der Waals surface area contributed by atoms with Crippen LogP contribution in [0.25, 0.3) is 44.2 Å². The number of nitrogens with zero attached hydrogens (tertiary/aromatic N) is 1. The van der Waals surface area contributed by atoms with E-state index in [0.29, 0.717) is 0 Å². The van der Waals surface area contributed by atoms with Gasteiger partial charge < -0.3 is 14.4 Å². The molecule has 69 heavy (non-hydrogen) atoms. The third-order valence-corrected chi connectivity index (χ3v) is 15.4. The molecule has 0 saturated carbocycles. The maximum Gasteiger partial charge on any atom is 0.132 e. The van der Waals surface area contributed by atoms with Gasteiger partial charge in [0.25, 0.3) is 0 Å². The molecule has 0 bridgehead atoms. The average Bonchev–Trinajstić information content (AvgIpc) is 3.89. The van der Waals surface area contributed by atoms with Crippen LogP contribution in [0, 0.1) is 0 Å². The van der Waals surface area contributed by atoms with Crippen molar-refractivity contribution in [1.82, 2.24) is 0 Å². The molecule has 3 heteroatoms. The topological polar surface area (TPSA) is 21.7 Å². The number of ether oxygens (including phenoxy) is 2. The molecule has 11 aromatic rings. The van der Waals surface area contributed by atoms with Gasteiger partial charge in [0.05, 0.1) is 22.2 Å². The lowest BCUT2D eigenvalue weighted by atomic mass is 9.65. The quantitative estimate of drug-likeness (QED) is 0.176. The molecule has 4 aliphatic rings. The number of rotatable bonds is 4. The van der Waals surface area contributed by atoms with E-state index in [4.69, 9.17) is 9.47 Å². The molecule has 0 unspecified atom stereocenters. The van der Waals surface area contributed by atoms with Gasteiger partial charge in [-0.1, -0.05) is 200 Å². The summed E-state index contributed by atoms with van der Waals surface area (Å²) < 4.78 is 13.6. The molecule has 322 valence electrons. The van der Waals surface area contributed by atoms with Crippen molar-refractivity contribution in [2.24, 2.45) is 0 Å². The van der Waals surface area contributed by atoms with E-state index in [-0.39, 0.29) is 0 Å². The molecule has 0 radical (unpaired) electrons. The highest BCUT2D eigenvalue weighted by Crippen LogP contribution is 2.67. The first-order valence-electron chi connectivity index (χ1n) is 23.8. The van der Waals surface area contributed by atoms with Crippen LogP contribution in [0.5, 0.6) is 23.0 Å². The average molecular weight is 880 g/mol. The van der Waals surface area contributed by atoms with Gasteiger partial charge in [-0.3, -0.25) is 0 Å². The number of fused-ring (bicyclic) bond motifs is 20. The van der Waals surface area contributed by atoms with Crippen molar-refractivity contribution in [2.45, 2.75) is 10.8 Å². The van der Waals surface area contributed by atoms with E-state index >= 15 is 0 Å². The molecule has 0 N–H and O–H groups in total. The molecule has 0 aromatic heterocycles. The number of hydrogen-bond acceptors (Lipinski definition) is 3. The molecule has 0 saturated heterocycles. The van der Waals surface area contributed by atoms with Gasteiger partial charge >= 0.3 is 0 Å². The van der Waals surface area contributed by atoms with Gasteiger partial charge in [0.1, 0.15) is 23.0 Å². The summed E-state index contributed by atoms with van der Waals surface area (Å²) in [5.41, 5.74) is 18.7.